The predicted octanol–water partition coefficient (Wildman–Crippen LogP) is 3.72. The van der Waals surface area contributed by atoms with Crippen LogP contribution in [0.25, 0.3) is 0 Å². The van der Waals surface area contributed by atoms with Crippen LogP contribution in [0.2, 0.25) is 5.02 Å². The molecule has 5 nitrogen and oxygen atoms in total. The van der Waals surface area contributed by atoms with E-state index in [1.54, 1.807) is 19.1 Å². The Hall–Kier alpha value is -2.05. The number of aryl methyl sites for hydroxylation is 2. The molecule has 0 bridgehead atoms. The number of carbonyl (C=O) groups is 1. The van der Waals surface area contributed by atoms with Gasteiger partial charge in [0.05, 0.1) is 17.2 Å². The summed E-state index contributed by atoms with van der Waals surface area (Å²) in [6, 6.07) is 11.1. The normalized spacial score (nSPS) is 11.2. The van der Waals surface area contributed by atoms with E-state index in [1.165, 1.54) is 24.3 Å². The van der Waals surface area contributed by atoms with Crippen LogP contribution in [0.4, 0.5) is 5.69 Å². The van der Waals surface area contributed by atoms with Gasteiger partial charge >= 0.3 is 5.97 Å². The van der Waals surface area contributed by atoms with E-state index in [0.717, 1.165) is 15.4 Å². The Morgan fingerprint density at radius 2 is 1.72 bits per heavy atom. The number of ether oxygens (including phenoxy) is 1. The number of esters is 1. The summed E-state index contributed by atoms with van der Waals surface area (Å²) in [5.41, 5.74) is 2.37. The molecule has 25 heavy (non-hydrogen) atoms. The van der Waals surface area contributed by atoms with Crippen molar-refractivity contribution in [2.75, 3.05) is 17.5 Å². The molecule has 0 fully saturated rings. The summed E-state index contributed by atoms with van der Waals surface area (Å²) in [6.45, 7) is 5.27. The second-order valence-electron chi connectivity index (χ2n) is 5.54. The highest BCUT2D eigenvalue weighted by atomic mass is 35.5. The Bertz CT molecular complexity index is 863. The van der Waals surface area contributed by atoms with Crippen LogP contribution in [0.1, 0.15) is 18.1 Å². The average Bonchev–Trinajstić information content (AvgIpc) is 2.56. The number of nitrogens with zero attached hydrogens (tertiary/aromatic N) is 1. The van der Waals surface area contributed by atoms with Gasteiger partial charge in [-0.15, -0.1) is 0 Å². The molecule has 0 N–H and O–H groups in total. The van der Waals surface area contributed by atoms with Crippen LogP contribution < -0.4 is 4.31 Å². The zero-order valence-electron chi connectivity index (χ0n) is 14.3. The summed E-state index contributed by atoms with van der Waals surface area (Å²) in [5.74, 6) is -0.613. The van der Waals surface area contributed by atoms with Crippen molar-refractivity contribution in [3.05, 3.63) is 58.6 Å². The van der Waals surface area contributed by atoms with Crippen LogP contribution in [-0.2, 0) is 19.6 Å². The van der Waals surface area contributed by atoms with Gasteiger partial charge in [-0.2, -0.15) is 0 Å². The number of anilines is 1. The van der Waals surface area contributed by atoms with Crippen molar-refractivity contribution in [2.45, 2.75) is 25.7 Å². The highest BCUT2D eigenvalue weighted by molar-refractivity contribution is 7.92. The van der Waals surface area contributed by atoms with Crippen molar-refractivity contribution in [1.82, 2.24) is 0 Å². The van der Waals surface area contributed by atoms with Crippen molar-refractivity contribution in [3.63, 3.8) is 0 Å². The third-order valence-corrected chi connectivity index (χ3v) is 5.80. The molecule has 0 aliphatic rings. The zero-order chi connectivity index (χ0) is 18.6. The summed E-state index contributed by atoms with van der Waals surface area (Å²) in [6.07, 6.45) is 0. The minimum absolute atomic E-state index is 0.0550. The highest BCUT2D eigenvalue weighted by Crippen LogP contribution is 2.26. The third-order valence-electron chi connectivity index (χ3n) is 3.76. The molecule has 134 valence electrons. The number of hydrogen-bond acceptors (Lipinski definition) is 4. The molecular formula is C18H20ClNO4S. The van der Waals surface area contributed by atoms with Crippen molar-refractivity contribution in [1.29, 1.82) is 0 Å². The second kappa shape index (κ2) is 7.89. The standard InChI is InChI=1S/C18H20ClNO4S/c1-4-24-18(21)12-20(16-8-5-13(2)14(3)11-16)25(22,23)17-9-6-15(19)7-10-17/h5-11H,4,12H2,1-3H3. The maximum absolute atomic E-state index is 13.1. The Morgan fingerprint density at radius 1 is 1.08 bits per heavy atom. The lowest BCUT2D eigenvalue weighted by molar-refractivity contribution is -0.141. The van der Waals surface area contributed by atoms with Gasteiger partial charge in [0, 0.05) is 5.02 Å². The summed E-state index contributed by atoms with van der Waals surface area (Å²) in [4.78, 5) is 12.0. The lowest BCUT2D eigenvalue weighted by Gasteiger charge is -2.24. The summed E-state index contributed by atoms with van der Waals surface area (Å²) < 4.78 is 32.1. The maximum Gasteiger partial charge on any atom is 0.326 e. The molecule has 2 rings (SSSR count). The Morgan fingerprint density at radius 3 is 2.28 bits per heavy atom. The topological polar surface area (TPSA) is 63.7 Å². The first-order chi connectivity index (χ1) is 11.8. The van der Waals surface area contributed by atoms with E-state index >= 15 is 0 Å². The van der Waals surface area contributed by atoms with E-state index in [9.17, 15) is 13.2 Å². The highest BCUT2D eigenvalue weighted by Gasteiger charge is 2.28. The predicted molar refractivity (Wildman–Crippen MR) is 98.5 cm³/mol. The largest absolute Gasteiger partial charge is 0.465 e. The number of benzene rings is 2. The lowest BCUT2D eigenvalue weighted by atomic mass is 10.1. The first-order valence-electron chi connectivity index (χ1n) is 7.77. The molecule has 7 heteroatoms. The molecule has 0 spiro atoms. The van der Waals surface area contributed by atoms with Gasteiger partial charge in [0.2, 0.25) is 0 Å². The molecule has 0 aliphatic heterocycles. The van der Waals surface area contributed by atoms with Crippen LogP contribution >= 0.6 is 11.6 Å². The Kier molecular flexibility index (Phi) is 6.08. The SMILES string of the molecule is CCOC(=O)CN(c1ccc(C)c(C)c1)S(=O)(=O)c1ccc(Cl)cc1. The van der Waals surface area contributed by atoms with Gasteiger partial charge in [0.15, 0.2) is 0 Å². The molecule has 0 aromatic heterocycles. The zero-order valence-corrected chi connectivity index (χ0v) is 15.9. The Labute approximate surface area is 153 Å². The van der Waals surface area contributed by atoms with Crippen LogP contribution in [0.15, 0.2) is 47.4 Å². The molecular weight excluding hydrogens is 362 g/mol. The number of carbonyl (C=O) groups excluding carboxylic acids is 1. The first-order valence-corrected chi connectivity index (χ1v) is 9.58. The second-order valence-corrected chi connectivity index (χ2v) is 7.84. The number of halogens is 1. The monoisotopic (exact) mass is 381 g/mol. The molecule has 2 aromatic rings. The smallest absolute Gasteiger partial charge is 0.326 e. The number of rotatable bonds is 6. The Balaban J connectivity index is 2.51. The van der Waals surface area contributed by atoms with E-state index < -0.39 is 22.5 Å². The maximum atomic E-state index is 13.1. The van der Waals surface area contributed by atoms with E-state index in [-0.39, 0.29) is 11.5 Å². The minimum Gasteiger partial charge on any atom is -0.465 e. The van der Waals surface area contributed by atoms with Gasteiger partial charge in [-0.1, -0.05) is 17.7 Å². The molecule has 0 saturated heterocycles. The fourth-order valence-corrected chi connectivity index (χ4v) is 3.78. The van der Waals surface area contributed by atoms with Gasteiger partial charge in [0.1, 0.15) is 6.54 Å². The third kappa shape index (κ3) is 4.52. The quantitative estimate of drug-likeness (QED) is 0.715. The summed E-state index contributed by atoms with van der Waals surface area (Å²) >= 11 is 5.84. The van der Waals surface area contributed by atoms with Crippen molar-refractivity contribution >= 4 is 33.3 Å². The number of hydrogen-bond donors (Lipinski definition) is 0. The van der Waals surface area contributed by atoms with E-state index in [1.807, 2.05) is 19.9 Å². The van der Waals surface area contributed by atoms with Crippen molar-refractivity contribution < 1.29 is 17.9 Å². The van der Waals surface area contributed by atoms with Crippen LogP contribution in [0.3, 0.4) is 0 Å². The van der Waals surface area contributed by atoms with Crippen molar-refractivity contribution in [2.24, 2.45) is 0 Å². The summed E-state index contributed by atoms with van der Waals surface area (Å²) in [5, 5.41) is 0.432. The molecule has 0 atom stereocenters. The molecule has 0 radical (unpaired) electrons. The van der Waals surface area contributed by atoms with Gasteiger partial charge in [-0.25, -0.2) is 8.42 Å². The molecule has 0 amide bonds. The van der Waals surface area contributed by atoms with Gasteiger partial charge < -0.3 is 4.74 Å². The minimum atomic E-state index is -3.94. The van der Waals surface area contributed by atoms with E-state index in [4.69, 9.17) is 16.3 Å². The fraction of sp³-hybridized carbons (Fsp3) is 0.278. The molecule has 0 aliphatic carbocycles. The molecule has 0 heterocycles. The first kappa shape index (κ1) is 19.3. The van der Waals surface area contributed by atoms with Crippen molar-refractivity contribution in [3.8, 4) is 0 Å². The molecule has 0 unspecified atom stereocenters. The lowest BCUT2D eigenvalue weighted by Crippen LogP contribution is -2.36. The number of sulfonamides is 1. The fourth-order valence-electron chi connectivity index (χ4n) is 2.25. The van der Waals surface area contributed by atoms with E-state index in [2.05, 4.69) is 0 Å². The van der Waals surface area contributed by atoms with Crippen LogP contribution in [-0.4, -0.2) is 27.5 Å². The van der Waals surface area contributed by atoms with Gasteiger partial charge in [-0.05, 0) is 68.3 Å². The average molecular weight is 382 g/mol. The van der Waals surface area contributed by atoms with Gasteiger partial charge in [-0.3, -0.25) is 9.10 Å². The van der Waals surface area contributed by atoms with E-state index in [0.29, 0.717) is 10.7 Å². The van der Waals surface area contributed by atoms with Crippen LogP contribution in [0, 0.1) is 13.8 Å². The molecule has 0 saturated carbocycles. The molecule has 2 aromatic carbocycles. The van der Waals surface area contributed by atoms with Gasteiger partial charge in [0.25, 0.3) is 10.0 Å². The summed E-state index contributed by atoms with van der Waals surface area (Å²) in [7, 11) is -3.94. The van der Waals surface area contributed by atoms with Crippen LogP contribution in [0.5, 0.6) is 0 Å².